The summed E-state index contributed by atoms with van der Waals surface area (Å²) in [5, 5.41) is 14.3. The van der Waals surface area contributed by atoms with Crippen LogP contribution < -0.4 is 10.4 Å². The molecule has 0 bridgehead atoms. The first-order valence-corrected chi connectivity index (χ1v) is 7.23. The zero-order valence-corrected chi connectivity index (χ0v) is 12.4. The Hall–Kier alpha value is -2.46. The van der Waals surface area contributed by atoms with Crippen LogP contribution in [-0.2, 0) is 4.79 Å². The average molecular weight is 296 g/mol. The third kappa shape index (κ3) is 3.59. The first-order valence-electron chi connectivity index (χ1n) is 7.23. The summed E-state index contributed by atoms with van der Waals surface area (Å²) < 4.78 is 0. The number of aliphatic carboxylic acids is 1. The highest BCUT2D eigenvalue weighted by Crippen LogP contribution is 2.25. The van der Waals surface area contributed by atoms with E-state index in [9.17, 15) is 14.7 Å². The number of benzene rings is 2. The lowest BCUT2D eigenvalue weighted by Gasteiger charge is -2.27. The molecule has 1 N–H and O–H groups in total. The molecule has 0 saturated carbocycles. The Balaban J connectivity index is 2.46. The Morgan fingerprint density at radius 2 is 1.77 bits per heavy atom. The van der Waals surface area contributed by atoms with Gasteiger partial charge in [0.2, 0.25) is 0 Å². The second kappa shape index (κ2) is 7.52. The molecule has 0 aromatic heterocycles. The molecule has 0 fully saturated rings. The Morgan fingerprint density at radius 3 is 2.36 bits per heavy atom. The predicted molar refractivity (Wildman–Crippen MR) is 82.3 cm³/mol. The number of carboxylic acid groups (broad SMARTS) is 1. The van der Waals surface area contributed by atoms with Crippen molar-refractivity contribution in [1.82, 2.24) is 5.32 Å². The molecule has 0 saturated heterocycles. The minimum Gasteiger partial charge on any atom is -0.548 e. The molecule has 2 aromatic carbocycles. The maximum Gasteiger partial charge on any atom is 0.150 e. The van der Waals surface area contributed by atoms with Gasteiger partial charge in [-0.05, 0) is 17.5 Å². The van der Waals surface area contributed by atoms with E-state index in [1.54, 1.807) is 19.1 Å². The summed E-state index contributed by atoms with van der Waals surface area (Å²) in [6.45, 7) is 1.78. The zero-order valence-electron chi connectivity index (χ0n) is 12.4. The standard InChI is InChI=1S/C18H19NO3/c1-2-16(18(21)22)19-17(13-8-4-3-5-9-13)15-11-7-6-10-14(15)12-20/h3-12,16-17,19H,2H2,1H3,(H,21,22)/p-1. The minimum absolute atomic E-state index is 0.384. The Morgan fingerprint density at radius 1 is 1.14 bits per heavy atom. The highest BCUT2D eigenvalue weighted by Gasteiger charge is 2.20. The molecule has 4 nitrogen and oxygen atoms in total. The highest BCUT2D eigenvalue weighted by molar-refractivity contribution is 5.78. The van der Waals surface area contributed by atoms with Crippen LogP contribution in [0.25, 0.3) is 0 Å². The van der Waals surface area contributed by atoms with E-state index in [2.05, 4.69) is 5.32 Å². The number of carbonyl (C=O) groups is 2. The van der Waals surface area contributed by atoms with Gasteiger partial charge in [-0.25, -0.2) is 0 Å². The van der Waals surface area contributed by atoms with Gasteiger partial charge in [0.15, 0.2) is 0 Å². The van der Waals surface area contributed by atoms with Gasteiger partial charge in [0.05, 0.1) is 12.0 Å². The van der Waals surface area contributed by atoms with Crippen molar-refractivity contribution >= 4 is 12.3 Å². The largest absolute Gasteiger partial charge is 0.548 e. The van der Waals surface area contributed by atoms with Crippen LogP contribution in [0.15, 0.2) is 54.6 Å². The third-order valence-corrected chi connectivity index (χ3v) is 3.63. The SMILES string of the molecule is CCC(NC(c1ccccc1)c1ccccc1C=O)C(=O)[O-]. The summed E-state index contributed by atoms with van der Waals surface area (Å²) in [5.41, 5.74) is 2.19. The number of hydrogen-bond donors (Lipinski definition) is 1. The zero-order chi connectivity index (χ0) is 15.9. The Kier molecular flexibility index (Phi) is 5.44. The second-order valence-corrected chi connectivity index (χ2v) is 5.04. The fraction of sp³-hybridized carbons (Fsp3) is 0.222. The lowest BCUT2D eigenvalue weighted by Crippen LogP contribution is -2.46. The quantitative estimate of drug-likeness (QED) is 0.790. The van der Waals surface area contributed by atoms with Crippen LogP contribution in [0.5, 0.6) is 0 Å². The van der Waals surface area contributed by atoms with Crippen LogP contribution in [0.4, 0.5) is 0 Å². The van der Waals surface area contributed by atoms with Gasteiger partial charge in [-0.15, -0.1) is 0 Å². The van der Waals surface area contributed by atoms with Crippen LogP contribution >= 0.6 is 0 Å². The molecule has 0 amide bonds. The van der Waals surface area contributed by atoms with Crippen molar-refractivity contribution in [2.75, 3.05) is 0 Å². The summed E-state index contributed by atoms with van der Waals surface area (Å²) in [7, 11) is 0. The molecule has 0 aliphatic carbocycles. The van der Waals surface area contributed by atoms with E-state index in [1.807, 2.05) is 42.5 Å². The van der Waals surface area contributed by atoms with Gasteiger partial charge in [-0.3, -0.25) is 10.1 Å². The lowest BCUT2D eigenvalue weighted by atomic mass is 9.94. The van der Waals surface area contributed by atoms with E-state index in [4.69, 9.17) is 0 Å². The molecular weight excluding hydrogens is 278 g/mol. The molecular formula is C18H18NO3-. The van der Waals surface area contributed by atoms with Crippen molar-refractivity contribution < 1.29 is 14.7 Å². The molecule has 0 aliphatic rings. The van der Waals surface area contributed by atoms with E-state index >= 15 is 0 Å². The van der Waals surface area contributed by atoms with Crippen molar-refractivity contribution in [3.8, 4) is 0 Å². The number of nitrogens with one attached hydrogen (secondary N) is 1. The summed E-state index contributed by atoms with van der Waals surface area (Å²) in [5.74, 6) is -1.15. The fourth-order valence-corrected chi connectivity index (χ4v) is 2.45. The maximum absolute atomic E-state index is 11.3. The molecule has 2 atom stereocenters. The number of rotatable bonds is 7. The van der Waals surface area contributed by atoms with E-state index < -0.39 is 12.0 Å². The first kappa shape index (κ1) is 15.9. The van der Waals surface area contributed by atoms with Gasteiger partial charge >= 0.3 is 0 Å². The Labute approximate surface area is 129 Å². The molecule has 0 aliphatic heterocycles. The highest BCUT2D eigenvalue weighted by atomic mass is 16.4. The number of carboxylic acids is 1. The van der Waals surface area contributed by atoms with Crippen molar-refractivity contribution in [3.05, 3.63) is 71.3 Å². The van der Waals surface area contributed by atoms with Gasteiger partial charge in [0, 0.05) is 11.6 Å². The molecule has 2 unspecified atom stereocenters. The second-order valence-electron chi connectivity index (χ2n) is 5.04. The molecule has 2 aromatic rings. The van der Waals surface area contributed by atoms with Gasteiger partial charge in [0.25, 0.3) is 0 Å². The van der Waals surface area contributed by atoms with Gasteiger partial charge in [0.1, 0.15) is 6.29 Å². The van der Waals surface area contributed by atoms with Crippen molar-refractivity contribution in [1.29, 1.82) is 0 Å². The minimum atomic E-state index is -1.15. The van der Waals surface area contributed by atoms with Crippen LogP contribution in [0.1, 0.15) is 40.9 Å². The Bertz CT molecular complexity index is 640. The average Bonchev–Trinajstić information content (AvgIpc) is 2.56. The molecule has 114 valence electrons. The normalized spacial score (nSPS) is 13.3. The summed E-state index contributed by atoms with van der Waals surface area (Å²) in [4.78, 5) is 22.5. The summed E-state index contributed by atoms with van der Waals surface area (Å²) in [6, 6.07) is 15.5. The molecule has 0 heterocycles. The van der Waals surface area contributed by atoms with E-state index in [-0.39, 0.29) is 6.04 Å². The van der Waals surface area contributed by atoms with Crippen molar-refractivity contribution in [2.24, 2.45) is 0 Å². The molecule has 4 heteroatoms. The molecule has 22 heavy (non-hydrogen) atoms. The fourth-order valence-electron chi connectivity index (χ4n) is 2.45. The predicted octanol–water partition coefficient (Wildman–Crippen LogP) is 1.71. The van der Waals surface area contributed by atoms with E-state index in [0.717, 1.165) is 17.4 Å². The van der Waals surface area contributed by atoms with Crippen molar-refractivity contribution in [3.63, 3.8) is 0 Å². The van der Waals surface area contributed by atoms with Crippen LogP contribution in [-0.4, -0.2) is 18.3 Å². The molecule has 0 radical (unpaired) electrons. The van der Waals surface area contributed by atoms with Crippen LogP contribution in [0, 0.1) is 0 Å². The molecule has 0 spiro atoms. The third-order valence-electron chi connectivity index (χ3n) is 3.63. The van der Waals surface area contributed by atoms with Crippen LogP contribution in [0.3, 0.4) is 0 Å². The van der Waals surface area contributed by atoms with E-state index in [1.165, 1.54) is 0 Å². The van der Waals surface area contributed by atoms with Gasteiger partial charge < -0.3 is 9.90 Å². The monoisotopic (exact) mass is 296 g/mol. The number of carbonyl (C=O) groups excluding carboxylic acids is 2. The topological polar surface area (TPSA) is 69.2 Å². The first-order chi connectivity index (χ1) is 10.7. The van der Waals surface area contributed by atoms with Gasteiger partial charge in [-0.1, -0.05) is 61.5 Å². The van der Waals surface area contributed by atoms with E-state index in [0.29, 0.717) is 12.0 Å². The molecule has 2 rings (SSSR count). The van der Waals surface area contributed by atoms with Crippen molar-refractivity contribution in [2.45, 2.75) is 25.4 Å². The number of aldehydes is 1. The summed E-state index contributed by atoms with van der Waals surface area (Å²) in [6.07, 6.45) is 1.18. The van der Waals surface area contributed by atoms with Crippen LogP contribution in [0.2, 0.25) is 0 Å². The lowest BCUT2D eigenvalue weighted by molar-refractivity contribution is -0.308. The maximum atomic E-state index is 11.3. The smallest absolute Gasteiger partial charge is 0.150 e. The number of hydrogen-bond acceptors (Lipinski definition) is 4. The summed E-state index contributed by atoms with van der Waals surface area (Å²) >= 11 is 0. The van der Waals surface area contributed by atoms with Gasteiger partial charge in [-0.2, -0.15) is 0 Å².